The quantitative estimate of drug-likeness (QED) is 0.796. The Bertz CT molecular complexity index is 374. The lowest BCUT2D eigenvalue weighted by atomic mass is 10.2. The Morgan fingerprint density at radius 3 is 2.69 bits per heavy atom. The molecule has 3 heteroatoms. The lowest BCUT2D eigenvalue weighted by molar-refractivity contribution is -0.136. The van der Waals surface area contributed by atoms with Gasteiger partial charge in [0.1, 0.15) is 5.25 Å². The fourth-order valence-electron chi connectivity index (χ4n) is 1.48. The van der Waals surface area contributed by atoms with E-state index in [2.05, 4.69) is 12.1 Å². The van der Waals surface area contributed by atoms with Gasteiger partial charge in [0.05, 0.1) is 0 Å². The van der Waals surface area contributed by atoms with Gasteiger partial charge in [-0.25, -0.2) is 0 Å². The van der Waals surface area contributed by atoms with E-state index in [1.807, 2.05) is 26.8 Å². The summed E-state index contributed by atoms with van der Waals surface area (Å²) in [6.07, 6.45) is 1.61. The smallest absolute Gasteiger partial charge is 0.316 e. The minimum absolute atomic E-state index is 0.328. The number of carboxylic acid groups (broad SMARTS) is 1. The van der Waals surface area contributed by atoms with Crippen LogP contribution in [0.4, 0.5) is 0 Å². The summed E-state index contributed by atoms with van der Waals surface area (Å²) >= 11 is 1.46. The maximum absolute atomic E-state index is 11.1. The molecule has 1 N–H and O–H groups in total. The molecule has 16 heavy (non-hydrogen) atoms. The minimum atomic E-state index is -0.715. The van der Waals surface area contributed by atoms with Crippen LogP contribution in [0.15, 0.2) is 23.1 Å². The Morgan fingerprint density at radius 1 is 1.44 bits per heavy atom. The molecular formula is C13H18O2S. The van der Waals surface area contributed by atoms with Gasteiger partial charge < -0.3 is 5.11 Å². The average molecular weight is 238 g/mol. The van der Waals surface area contributed by atoms with Gasteiger partial charge in [0.15, 0.2) is 0 Å². The van der Waals surface area contributed by atoms with Crippen LogP contribution in [-0.4, -0.2) is 16.3 Å². The van der Waals surface area contributed by atoms with Gasteiger partial charge in [0.25, 0.3) is 0 Å². The molecule has 0 aliphatic rings. The molecular weight excluding hydrogens is 220 g/mol. The Morgan fingerprint density at radius 2 is 2.12 bits per heavy atom. The molecule has 0 spiro atoms. The van der Waals surface area contributed by atoms with Crippen molar-refractivity contribution in [3.05, 3.63) is 29.3 Å². The summed E-state index contributed by atoms with van der Waals surface area (Å²) in [4.78, 5) is 12.2. The van der Waals surface area contributed by atoms with E-state index in [1.165, 1.54) is 17.3 Å². The number of hydrogen-bond acceptors (Lipinski definition) is 2. The first-order chi connectivity index (χ1) is 7.54. The SMILES string of the molecule is CCCC(Sc1cc(C)ccc1C)C(=O)O. The van der Waals surface area contributed by atoms with Crippen molar-refractivity contribution >= 4 is 17.7 Å². The van der Waals surface area contributed by atoms with Crippen LogP contribution in [0, 0.1) is 13.8 Å². The van der Waals surface area contributed by atoms with E-state index in [4.69, 9.17) is 5.11 Å². The monoisotopic (exact) mass is 238 g/mol. The Labute approximate surface area is 101 Å². The maximum Gasteiger partial charge on any atom is 0.316 e. The highest BCUT2D eigenvalue weighted by atomic mass is 32.2. The summed E-state index contributed by atoms with van der Waals surface area (Å²) in [5.41, 5.74) is 2.33. The third kappa shape index (κ3) is 3.56. The van der Waals surface area contributed by atoms with E-state index >= 15 is 0 Å². The van der Waals surface area contributed by atoms with Crippen molar-refractivity contribution in [2.75, 3.05) is 0 Å². The predicted octanol–water partition coefficient (Wildman–Crippen LogP) is 3.65. The van der Waals surface area contributed by atoms with Crippen LogP contribution in [0.25, 0.3) is 0 Å². The fraction of sp³-hybridized carbons (Fsp3) is 0.462. The molecule has 1 aromatic carbocycles. The minimum Gasteiger partial charge on any atom is -0.480 e. The summed E-state index contributed by atoms with van der Waals surface area (Å²) < 4.78 is 0. The van der Waals surface area contributed by atoms with Crippen LogP contribution in [0.2, 0.25) is 0 Å². The molecule has 0 saturated carbocycles. The Kier molecular flexibility index (Phi) is 4.87. The second-order valence-electron chi connectivity index (χ2n) is 4.00. The zero-order valence-corrected chi connectivity index (χ0v) is 10.8. The van der Waals surface area contributed by atoms with Crippen LogP contribution in [0.1, 0.15) is 30.9 Å². The summed E-state index contributed by atoms with van der Waals surface area (Å²) in [5, 5.41) is 8.78. The number of aryl methyl sites for hydroxylation is 2. The normalized spacial score (nSPS) is 12.4. The van der Waals surface area contributed by atoms with Crippen LogP contribution in [0.3, 0.4) is 0 Å². The topological polar surface area (TPSA) is 37.3 Å². The fourth-order valence-corrected chi connectivity index (χ4v) is 2.75. The molecule has 0 amide bonds. The standard InChI is InChI=1S/C13H18O2S/c1-4-5-11(13(14)15)16-12-8-9(2)6-7-10(12)3/h6-8,11H,4-5H2,1-3H3,(H,14,15). The van der Waals surface area contributed by atoms with Crippen molar-refractivity contribution in [3.63, 3.8) is 0 Å². The number of rotatable bonds is 5. The Hall–Kier alpha value is -0.960. The second-order valence-corrected chi connectivity index (χ2v) is 5.25. The van der Waals surface area contributed by atoms with Crippen molar-refractivity contribution in [3.8, 4) is 0 Å². The van der Waals surface area contributed by atoms with Gasteiger partial charge in [-0.3, -0.25) is 4.79 Å². The van der Waals surface area contributed by atoms with Crippen LogP contribution < -0.4 is 0 Å². The van der Waals surface area contributed by atoms with Gasteiger partial charge in [-0.2, -0.15) is 0 Å². The molecule has 1 aromatic rings. The van der Waals surface area contributed by atoms with Crippen molar-refractivity contribution in [2.24, 2.45) is 0 Å². The first kappa shape index (κ1) is 13.1. The third-order valence-corrected chi connectivity index (χ3v) is 3.85. The van der Waals surface area contributed by atoms with Crippen molar-refractivity contribution in [1.29, 1.82) is 0 Å². The lowest BCUT2D eigenvalue weighted by Gasteiger charge is -2.13. The zero-order valence-electron chi connectivity index (χ0n) is 9.99. The highest BCUT2D eigenvalue weighted by Gasteiger charge is 2.18. The summed E-state index contributed by atoms with van der Waals surface area (Å²) in [6, 6.07) is 6.16. The number of benzene rings is 1. The largest absolute Gasteiger partial charge is 0.480 e. The average Bonchev–Trinajstić information content (AvgIpc) is 2.22. The van der Waals surface area contributed by atoms with Crippen molar-refractivity contribution in [2.45, 2.75) is 43.8 Å². The summed E-state index contributed by atoms with van der Waals surface area (Å²) in [5.74, 6) is -0.715. The predicted molar refractivity (Wildman–Crippen MR) is 68.1 cm³/mol. The van der Waals surface area contributed by atoms with Crippen LogP contribution in [-0.2, 0) is 4.79 Å². The third-order valence-electron chi connectivity index (χ3n) is 2.44. The Balaban J connectivity index is 2.84. The van der Waals surface area contributed by atoms with Crippen LogP contribution >= 0.6 is 11.8 Å². The van der Waals surface area contributed by atoms with Gasteiger partial charge in [-0.1, -0.05) is 31.0 Å². The summed E-state index contributed by atoms with van der Waals surface area (Å²) in [7, 11) is 0. The number of aliphatic carboxylic acids is 1. The van der Waals surface area contributed by atoms with Gasteiger partial charge in [0.2, 0.25) is 0 Å². The molecule has 0 radical (unpaired) electrons. The molecule has 0 saturated heterocycles. The molecule has 0 fully saturated rings. The van der Waals surface area contributed by atoms with Gasteiger partial charge in [-0.15, -0.1) is 11.8 Å². The van der Waals surface area contributed by atoms with E-state index in [1.54, 1.807) is 0 Å². The molecule has 0 bridgehead atoms. The number of carboxylic acids is 1. The first-order valence-electron chi connectivity index (χ1n) is 5.51. The molecule has 1 atom stereocenters. The van der Waals surface area contributed by atoms with E-state index < -0.39 is 5.97 Å². The lowest BCUT2D eigenvalue weighted by Crippen LogP contribution is -2.15. The molecule has 88 valence electrons. The number of carbonyl (C=O) groups is 1. The number of thioether (sulfide) groups is 1. The molecule has 1 unspecified atom stereocenters. The van der Waals surface area contributed by atoms with E-state index in [0.29, 0.717) is 6.42 Å². The highest BCUT2D eigenvalue weighted by molar-refractivity contribution is 8.00. The molecule has 2 nitrogen and oxygen atoms in total. The van der Waals surface area contributed by atoms with Gasteiger partial charge in [-0.05, 0) is 31.9 Å². The van der Waals surface area contributed by atoms with E-state index in [0.717, 1.165) is 16.9 Å². The number of hydrogen-bond donors (Lipinski definition) is 1. The van der Waals surface area contributed by atoms with E-state index in [9.17, 15) is 4.79 Å². The van der Waals surface area contributed by atoms with Crippen LogP contribution in [0.5, 0.6) is 0 Å². The first-order valence-corrected chi connectivity index (χ1v) is 6.39. The second kappa shape index (κ2) is 5.94. The zero-order chi connectivity index (χ0) is 12.1. The molecule has 0 aliphatic heterocycles. The van der Waals surface area contributed by atoms with Crippen molar-refractivity contribution < 1.29 is 9.90 Å². The van der Waals surface area contributed by atoms with Gasteiger partial charge in [0, 0.05) is 4.90 Å². The molecule has 1 rings (SSSR count). The molecule has 0 aliphatic carbocycles. The van der Waals surface area contributed by atoms with Gasteiger partial charge >= 0.3 is 5.97 Å². The molecule has 0 aromatic heterocycles. The van der Waals surface area contributed by atoms with Crippen molar-refractivity contribution in [1.82, 2.24) is 0 Å². The maximum atomic E-state index is 11.1. The summed E-state index contributed by atoms with van der Waals surface area (Å²) in [6.45, 7) is 6.06. The van der Waals surface area contributed by atoms with E-state index in [-0.39, 0.29) is 5.25 Å². The molecule has 0 heterocycles. The highest BCUT2D eigenvalue weighted by Crippen LogP contribution is 2.29.